The molecule has 0 amide bonds. The summed E-state index contributed by atoms with van der Waals surface area (Å²) in [5.41, 5.74) is 0.259. The van der Waals surface area contributed by atoms with Gasteiger partial charge in [-0.25, -0.2) is 0 Å². The van der Waals surface area contributed by atoms with Crippen LogP contribution in [-0.4, -0.2) is 38.1 Å². The molecule has 0 saturated heterocycles. The third-order valence-corrected chi connectivity index (χ3v) is 2.65. The monoisotopic (exact) mass is 185 g/mol. The van der Waals surface area contributed by atoms with Crippen molar-refractivity contribution < 1.29 is 9.53 Å². The van der Waals surface area contributed by atoms with Gasteiger partial charge in [0.05, 0.1) is 6.61 Å². The van der Waals surface area contributed by atoms with E-state index in [1.807, 2.05) is 0 Å². The molecule has 0 heterocycles. The van der Waals surface area contributed by atoms with Gasteiger partial charge in [-0.05, 0) is 26.9 Å². The number of rotatable bonds is 4. The molecule has 0 aliphatic heterocycles. The van der Waals surface area contributed by atoms with Crippen LogP contribution < -0.4 is 0 Å². The highest BCUT2D eigenvalue weighted by Crippen LogP contribution is 2.41. The lowest BCUT2D eigenvalue weighted by atomic mass is 9.69. The predicted octanol–water partition coefficient (Wildman–Crippen LogP) is 1.28. The Kier molecular flexibility index (Phi) is 3.31. The molecule has 0 N–H and O–H groups in total. The number of nitrogens with zero attached hydrogens (tertiary/aromatic N) is 1. The fourth-order valence-corrected chi connectivity index (χ4v) is 1.95. The Morgan fingerprint density at radius 3 is 2.38 bits per heavy atom. The first kappa shape index (κ1) is 10.5. The van der Waals surface area contributed by atoms with E-state index in [1.54, 1.807) is 0 Å². The summed E-state index contributed by atoms with van der Waals surface area (Å²) in [6.07, 6.45) is 3.66. The molecule has 0 aromatic carbocycles. The van der Waals surface area contributed by atoms with Gasteiger partial charge in [-0.15, -0.1) is 0 Å². The summed E-state index contributed by atoms with van der Waals surface area (Å²) < 4.78 is 5.08. The quantitative estimate of drug-likeness (QED) is 0.618. The SMILES string of the molecule is CC(=O)OCC1(CN(C)C)CCC1. The number of esters is 1. The predicted molar refractivity (Wildman–Crippen MR) is 51.5 cm³/mol. The highest BCUT2D eigenvalue weighted by atomic mass is 16.5. The zero-order chi connectivity index (χ0) is 9.90. The Balaban J connectivity index is 2.35. The van der Waals surface area contributed by atoms with Gasteiger partial charge in [0.25, 0.3) is 0 Å². The van der Waals surface area contributed by atoms with Crippen molar-refractivity contribution in [2.24, 2.45) is 5.41 Å². The summed E-state index contributed by atoms with van der Waals surface area (Å²) in [6.45, 7) is 3.10. The van der Waals surface area contributed by atoms with E-state index < -0.39 is 0 Å². The van der Waals surface area contributed by atoms with Gasteiger partial charge >= 0.3 is 5.97 Å². The van der Waals surface area contributed by atoms with Gasteiger partial charge in [-0.2, -0.15) is 0 Å². The van der Waals surface area contributed by atoms with Gasteiger partial charge in [0, 0.05) is 18.9 Å². The highest BCUT2D eigenvalue weighted by Gasteiger charge is 2.38. The first-order chi connectivity index (χ1) is 6.04. The molecule has 0 atom stereocenters. The van der Waals surface area contributed by atoms with Crippen LogP contribution in [0.15, 0.2) is 0 Å². The first-order valence-electron chi connectivity index (χ1n) is 4.82. The van der Waals surface area contributed by atoms with Crippen molar-refractivity contribution in [2.75, 3.05) is 27.2 Å². The Bertz CT molecular complexity index is 185. The molecule has 1 saturated carbocycles. The minimum atomic E-state index is -0.162. The molecule has 76 valence electrons. The molecular formula is C10H19NO2. The van der Waals surface area contributed by atoms with E-state index in [2.05, 4.69) is 19.0 Å². The van der Waals surface area contributed by atoms with E-state index in [1.165, 1.54) is 26.2 Å². The van der Waals surface area contributed by atoms with E-state index in [0.29, 0.717) is 6.61 Å². The van der Waals surface area contributed by atoms with Crippen molar-refractivity contribution >= 4 is 5.97 Å². The Morgan fingerprint density at radius 2 is 2.08 bits per heavy atom. The topological polar surface area (TPSA) is 29.5 Å². The van der Waals surface area contributed by atoms with E-state index >= 15 is 0 Å². The van der Waals surface area contributed by atoms with E-state index in [4.69, 9.17) is 4.74 Å². The molecular weight excluding hydrogens is 166 g/mol. The number of carbonyl (C=O) groups is 1. The van der Waals surface area contributed by atoms with Crippen molar-refractivity contribution in [1.29, 1.82) is 0 Å². The third-order valence-electron chi connectivity index (χ3n) is 2.65. The highest BCUT2D eigenvalue weighted by molar-refractivity contribution is 5.65. The normalized spacial score (nSPS) is 19.7. The van der Waals surface area contributed by atoms with Crippen LogP contribution in [0.5, 0.6) is 0 Å². The van der Waals surface area contributed by atoms with Gasteiger partial charge in [-0.3, -0.25) is 4.79 Å². The van der Waals surface area contributed by atoms with Gasteiger partial charge in [0.1, 0.15) is 0 Å². The summed E-state index contributed by atoms with van der Waals surface area (Å²) in [4.78, 5) is 12.8. The zero-order valence-corrected chi connectivity index (χ0v) is 8.80. The average molecular weight is 185 g/mol. The van der Waals surface area contributed by atoms with Gasteiger partial charge in [-0.1, -0.05) is 6.42 Å². The fourth-order valence-electron chi connectivity index (χ4n) is 1.95. The van der Waals surface area contributed by atoms with Gasteiger partial charge in [0.2, 0.25) is 0 Å². The molecule has 3 heteroatoms. The summed E-state index contributed by atoms with van der Waals surface area (Å²) in [5, 5.41) is 0. The van der Waals surface area contributed by atoms with Crippen molar-refractivity contribution in [3.8, 4) is 0 Å². The van der Waals surface area contributed by atoms with E-state index in [0.717, 1.165) is 6.54 Å². The summed E-state index contributed by atoms with van der Waals surface area (Å²) in [7, 11) is 4.13. The molecule has 0 unspecified atom stereocenters. The summed E-state index contributed by atoms with van der Waals surface area (Å²) in [5.74, 6) is -0.162. The minimum Gasteiger partial charge on any atom is -0.465 e. The van der Waals surface area contributed by atoms with Crippen LogP contribution in [0.25, 0.3) is 0 Å². The number of hydrogen-bond donors (Lipinski definition) is 0. The second kappa shape index (κ2) is 4.09. The molecule has 0 spiro atoms. The van der Waals surface area contributed by atoms with Crippen molar-refractivity contribution in [2.45, 2.75) is 26.2 Å². The van der Waals surface area contributed by atoms with Crippen LogP contribution in [0.2, 0.25) is 0 Å². The molecule has 13 heavy (non-hydrogen) atoms. The first-order valence-corrected chi connectivity index (χ1v) is 4.82. The number of hydrogen-bond acceptors (Lipinski definition) is 3. The molecule has 0 radical (unpaired) electrons. The lowest BCUT2D eigenvalue weighted by Gasteiger charge is -2.42. The lowest BCUT2D eigenvalue weighted by Crippen LogP contribution is -2.43. The molecule has 0 aromatic rings. The van der Waals surface area contributed by atoms with Crippen molar-refractivity contribution in [3.63, 3.8) is 0 Å². The summed E-state index contributed by atoms with van der Waals surface area (Å²) in [6, 6.07) is 0. The van der Waals surface area contributed by atoms with Gasteiger partial charge < -0.3 is 9.64 Å². The third kappa shape index (κ3) is 2.99. The molecule has 1 aliphatic rings. The Labute approximate surface area is 80.1 Å². The van der Waals surface area contributed by atoms with Gasteiger partial charge in [0.15, 0.2) is 0 Å². The van der Waals surface area contributed by atoms with E-state index in [9.17, 15) is 4.79 Å². The lowest BCUT2D eigenvalue weighted by molar-refractivity contribution is -0.147. The van der Waals surface area contributed by atoms with Crippen LogP contribution in [0.1, 0.15) is 26.2 Å². The van der Waals surface area contributed by atoms with Crippen LogP contribution in [0, 0.1) is 5.41 Å². The Morgan fingerprint density at radius 1 is 1.46 bits per heavy atom. The molecule has 0 bridgehead atoms. The molecule has 3 nitrogen and oxygen atoms in total. The molecule has 1 aliphatic carbocycles. The smallest absolute Gasteiger partial charge is 0.302 e. The second-order valence-corrected chi connectivity index (χ2v) is 4.37. The molecule has 1 fully saturated rings. The summed E-state index contributed by atoms with van der Waals surface area (Å²) >= 11 is 0. The second-order valence-electron chi connectivity index (χ2n) is 4.37. The maximum Gasteiger partial charge on any atom is 0.302 e. The van der Waals surface area contributed by atoms with E-state index in [-0.39, 0.29) is 11.4 Å². The maximum atomic E-state index is 10.7. The Hall–Kier alpha value is -0.570. The van der Waals surface area contributed by atoms with Crippen LogP contribution in [-0.2, 0) is 9.53 Å². The average Bonchev–Trinajstić information content (AvgIpc) is 1.93. The van der Waals surface area contributed by atoms with Crippen molar-refractivity contribution in [3.05, 3.63) is 0 Å². The largest absolute Gasteiger partial charge is 0.465 e. The molecule has 1 rings (SSSR count). The minimum absolute atomic E-state index is 0.162. The van der Waals surface area contributed by atoms with Crippen molar-refractivity contribution in [1.82, 2.24) is 4.90 Å². The number of carbonyl (C=O) groups excluding carboxylic acids is 1. The number of ether oxygens (including phenoxy) is 1. The zero-order valence-electron chi connectivity index (χ0n) is 8.80. The molecule has 0 aromatic heterocycles. The van der Waals surface area contributed by atoms with Crippen LogP contribution in [0.3, 0.4) is 0 Å². The van der Waals surface area contributed by atoms with Crippen LogP contribution >= 0.6 is 0 Å². The maximum absolute atomic E-state index is 10.7. The van der Waals surface area contributed by atoms with Crippen LogP contribution in [0.4, 0.5) is 0 Å². The fraction of sp³-hybridized carbons (Fsp3) is 0.900. The standard InChI is InChI=1S/C10H19NO2/c1-9(12)13-8-10(5-4-6-10)7-11(2)3/h4-8H2,1-3H3.